The number of nitrogens with zero attached hydrogens (tertiary/aromatic N) is 7. The fraction of sp³-hybridized carbons (Fsp3) is 0.538. The molecule has 2 aliphatic carbocycles. The van der Waals surface area contributed by atoms with Crippen molar-refractivity contribution in [1.29, 1.82) is 0 Å². The van der Waals surface area contributed by atoms with E-state index in [-0.39, 0.29) is 17.7 Å². The van der Waals surface area contributed by atoms with Gasteiger partial charge in [-0.1, -0.05) is 0 Å². The number of nitrogen functional groups attached to an aromatic ring is 1. The smallest absolute Gasteiger partial charge is 0.254 e. The molecule has 2 saturated heterocycles. The number of hydrogen-bond acceptors (Lipinski definition) is 8. The normalized spacial score (nSPS) is 24.0. The summed E-state index contributed by atoms with van der Waals surface area (Å²) >= 11 is 0. The minimum Gasteiger partial charge on any atom is -0.369 e. The second-order valence-electron chi connectivity index (χ2n) is 10.7. The molecule has 0 radical (unpaired) electrons. The fourth-order valence-corrected chi connectivity index (χ4v) is 6.72. The Morgan fingerprint density at radius 1 is 0.972 bits per heavy atom. The van der Waals surface area contributed by atoms with Gasteiger partial charge in [0.05, 0.1) is 11.4 Å². The Balaban J connectivity index is 1.04. The lowest BCUT2D eigenvalue weighted by Crippen LogP contribution is -2.44. The predicted molar refractivity (Wildman–Crippen MR) is 136 cm³/mol. The molecule has 7 rings (SSSR count). The van der Waals surface area contributed by atoms with E-state index < -0.39 is 0 Å². The Labute approximate surface area is 209 Å². The van der Waals surface area contributed by atoms with Crippen LogP contribution >= 0.6 is 0 Å². The van der Waals surface area contributed by atoms with Crippen LogP contribution in [0, 0.1) is 5.82 Å². The van der Waals surface area contributed by atoms with Crippen molar-refractivity contribution in [2.75, 3.05) is 42.1 Å². The van der Waals surface area contributed by atoms with Crippen molar-refractivity contribution < 1.29 is 4.39 Å². The van der Waals surface area contributed by atoms with Crippen molar-refractivity contribution in [1.82, 2.24) is 29.6 Å². The number of halogens is 1. The van der Waals surface area contributed by atoms with E-state index in [1.807, 2.05) is 18.3 Å². The molecule has 10 heteroatoms. The van der Waals surface area contributed by atoms with Crippen molar-refractivity contribution >= 4 is 23.3 Å². The van der Waals surface area contributed by atoms with Gasteiger partial charge in [-0.15, -0.1) is 5.10 Å². The second-order valence-corrected chi connectivity index (χ2v) is 10.7. The highest BCUT2D eigenvalue weighted by molar-refractivity contribution is 5.61. The van der Waals surface area contributed by atoms with Crippen molar-refractivity contribution in [3.63, 3.8) is 0 Å². The van der Waals surface area contributed by atoms with Gasteiger partial charge >= 0.3 is 0 Å². The van der Waals surface area contributed by atoms with Crippen molar-refractivity contribution in [2.45, 2.75) is 62.8 Å². The Kier molecular flexibility index (Phi) is 5.30. The third kappa shape index (κ3) is 3.78. The van der Waals surface area contributed by atoms with Gasteiger partial charge in [0.25, 0.3) is 5.95 Å². The average Bonchev–Trinajstić information content (AvgIpc) is 3.70. The predicted octanol–water partition coefficient (Wildman–Crippen LogP) is 3.95. The van der Waals surface area contributed by atoms with Gasteiger partial charge in [-0.3, -0.25) is 0 Å². The summed E-state index contributed by atoms with van der Waals surface area (Å²) in [7, 11) is 0. The summed E-state index contributed by atoms with van der Waals surface area (Å²) < 4.78 is 16.6. The SMILES string of the molecule is Nc1nc(Nc2ccc(N3CCC(N4CCCC4)CC3)c(F)c2)nn1-c1ncc2c(n1)C1CCC2C1. The van der Waals surface area contributed by atoms with Crippen LogP contribution in [0.15, 0.2) is 24.4 Å². The van der Waals surface area contributed by atoms with Crippen LogP contribution in [0.25, 0.3) is 5.95 Å². The number of nitrogens with one attached hydrogen (secondary N) is 1. The summed E-state index contributed by atoms with van der Waals surface area (Å²) in [6, 6.07) is 5.85. The van der Waals surface area contributed by atoms with Crippen LogP contribution in [0.4, 0.5) is 27.7 Å². The third-order valence-corrected chi connectivity index (χ3v) is 8.58. The summed E-state index contributed by atoms with van der Waals surface area (Å²) in [5, 5.41) is 7.54. The second kappa shape index (κ2) is 8.69. The quantitative estimate of drug-likeness (QED) is 0.556. The average molecular weight is 490 g/mol. The molecule has 2 atom stereocenters. The molecule has 2 bridgehead atoms. The van der Waals surface area contributed by atoms with E-state index in [2.05, 4.69) is 30.2 Å². The zero-order chi connectivity index (χ0) is 24.2. The number of hydrogen-bond donors (Lipinski definition) is 2. The van der Waals surface area contributed by atoms with Gasteiger partial charge < -0.3 is 20.9 Å². The highest BCUT2D eigenvalue weighted by atomic mass is 19.1. The number of nitrogens with two attached hydrogens (primary N) is 1. The molecule has 3 fully saturated rings. The number of rotatable bonds is 5. The number of likely N-dealkylation sites (tertiary alicyclic amines) is 1. The highest BCUT2D eigenvalue weighted by Crippen LogP contribution is 2.51. The Hall–Kier alpha value is -3.27. The minimum absolute atomic E-state index is 0.193. The zero-order valence-corrected chi connectivity index (χ0v) is 20.4. The summed E-state index contributed by atoms with van der Waals surface area (Å²) in [6.07, 6.45) is 10.3. The summed E-state index contributed by atoms with van der Waals surface area (Å²) in [5.74, 6) is 1.78. The molecule has 188 valence electrons. The summed E-state index contributed by atoms with van der Waals surface area (Å²) in [5.41, 5.74) is 9.76. The van der Waals surface area contributed by atoms with Crippen molar-refractivity contribution in [3.05, 3.63) is 41.5 Å². The Morgan fingerprint density at radius 2 is 1.78 bits per heavy atom. The van der Waals surface area contributed by atoms with E-state index in [4.69, 9.17) is 10.7 Å². The molecule has 1 saturated carbocycles. The van der Waals surface area contributed by atoms with Gasteiger partial charge in [0.2, 0.25) is 11.9 Å². The molecule has 0 amide bonds. The lowest BCUT2D eigenvalue weighted by molar-refractivity contribution is 0.207. The molecule has 2 unspecified atom stereocenters. The van der Waals surface area contributed by atoms with E-state index in [0.29, 0.717) is 35.2 Å². The first-order valence-corrected chi connectivity index (χ1v) is 13.3. The van der Waals surface area contributed by atoms with Gasteiger partial charge in [0, 0.05) is 36.9 Å². The van der Waals surface area contributed by atoms with E-state index in [0.717, 1.165) is 31.6 Å². The van der Waals surface area contributed by atoms with E-state index >= 15 is 4.39 Å². The van der Waals surface area contributed by atoms with Gasteiger partial charge in [-0.05, 0) is 87.7 Å². The highest BCUT2D eigenvalue weighted by Gasteiger charge is 2.38. The molecule has 2 aromatic heterocycles. The van der Waals surface area contributed by atoms with Crippen LogP contribution in [-0.2, 0) is 0 Å². The van der Waals surface area contributed by atoms with Gasteiger partial charge in [-0.2, -0.15) is 9.67 Å². The van der Waals surface area contributed by atoms with Crippen LogP contribution in [-0.4, -0.2) is 61.9 Å². The first-order valence-electron chi connectivity index (χ1n) is 13.3. The topological polar surface area (TPSA) is 101 Å². The number of piperidine rings is 1. The third-order valence-electron chi connectivity index (χ3n) is 8.58. The number of aromatic nitrogens is 5. The molecule has 2 aliphatic heterocycles. The Bertz CT molecular complexity index is 1280. The lowest BCUT2D eigenvalue weighted by Gasteiger charge is -2.37. The molecule has 3 aromatic rings. The minimum atomic E-state index is -0.246. The molecule has 4 heterocycles. The van der Waals surface area contributed by atoms with Crippen molar-refractivity contribution in [2.24, 2.45) is 0 Å². The first kappa shape index (κ1) is 22.0. The van der Waals surface area contributed by atoms with Gasteiger partial charge in [0.15, 0.2) is 0 Å². The standard InChI is InChI=1S/C26H32FN9/c27-21-14-18(5-6-22(21)35-11-7-19(8-12-35)34-9-1-2-10-34)30-25-32-24(28)36(33-25)26-29-15-20-16-3-4-17(13-16)23(20)31-26/h5-6,14-17,19H,1-4,7-13H2,(H3,28,30,32,33). The van der Waals surface area contributed by atoms with Crippen LogP contribution in [0.1, 0.15) is 68.0 Å². The van der Waals surface area contributed by atoms with Crippen molar-refractivity contribution in [3.8, 4) is 5.95 Å². The maximum absolute atomic E-state index is 15.1. The summed E-state index contributed by atoms with van der Waals surface area (Å²) in [4.78, 5) is 18.4. The molecule has 4 aliphatic rings. The van der Waals surface area contributed by atoms with E-state index in [1.165, 1.54) is 61.5 Å². The maximum atomic E-state index is 15.1. The molecular formula is C26H32FN9. The zero-order valence-electron chi connectivity index (χ0n) is 20.4. The monoisotopic (exact) mass is 489 g/mol. The molecule has 36 heavy (non-hydrogen) atoms. The molecule has 3 N–H and O–H groups in total. The molecular weight excluding hydrogens is 457 g/mol. The van der Waals surface area contributed by atoms with E-state index in [9.17, 15) is 0 Å². The van der Waals surface area contributed by atoms with E-state index in [1.54, 1.807) is 0 Å². The molecule has 1 aromatic carbocycles. The fourth-order valence-electron chi connectivity index (χ4n) is 6.72. The first-order chi connectivity index (χ1) is 17.6. The van der Waals surface area contributed by atoms with Crippen LogP contribution < -0.4 is 16.0 Å². The number of anilines is 4. The van der Waals surface area contributed by atoms with Crippen LogP contribution in [0.5, 0.6) is 0 Å². The van der Waals surface area contributed by atoms with Crippen LogP contribution in [0.2, 0.25) is 0 Å². The molecule has 9 nitrogen and oxygen atoms in total. The summed E-state index contributed by atoms with van der Waals surface area (Å²) in [6.45, 7) is 4.20. The molecule has 0 spiro atoms. The number of benzene rings is 1. The maximum Gasteiger partial charge on any atom is 0.254 e. The van der Waals surface area contributed by atoms with Gasteiger partial charge in [0.1, 0.15) is 5.82 Å². The number of fused-ring (bicyclic) bond motifs is 5. The van der Waals surface area contributed by atoms with Gasteiger partial charge in [-0.25, -0.2) is 14.4 Å². The largest absolute Gasteiger partial charge is 0.369 e. The van der Waals surface area contributed by atoms with Crippen LogP contribution in [0.3, 0.4) is 0 Å². The lowest BCUT2D eigenvalue weighted by atomic mass is 9.98. The Morgan fingerprint density at radius 3 is 2.58 bits per heavy atom.